The Hall–Kier alpha value is -1.47. The van der Waals surface area contributed by atoms with E-state index in [-0.39, 0.29) is 25.0 Å². The van der Waals surface area contributed by atoms with Gasteiger partial charge in [-0.2, -0.15) is 0 Å². The number of carbonyl (C=O) groups excluding carboxylic acids is 3. The van der Waals surface area contributed by atoms with Crippen LogP contribution in [0.15, 0.2) is 0 Å². The summed E-state index contributed by atoms with van der Waals surface area (Å²) in [6.07, 6.45) is 1.73. The first kappa shape index (κ1) is 12.6. The summed E-state index contributed by atoms with van der Waals surface area (Å²) < 4.78 is 0. The third-order valence-corrected chi connectivity index (χ3v) is 2.26. The summed E-state index contributed by atoms with van der Waals surface area (Å²) in [4.78, 5) is 33.3. The van der Waals surface area contributed by atoms with Crippen molar-refractivity contribution in [3.05, 3.63) is 0 Å². The zero-order valence-electron chi connectivity index (χ0n) is 8.91. The monoisotopic (exact) mass is 228 g/mol. The highest BCUT2D eigenvalue weighted by molar-refractivity contribution is 5.98. The fourth-order valence-electron chi connectivity index (χ4n) is 1.45. The Morgan fingerprint density at radius 2 is 2.06 bits per heavy atom. The van der Waals surface area contributed by atoms with Crippen LogP contribution in [0.3, 0.4) is 0 Å². The maximum Gasteiger partial charge on any atom is 0.245 e. The first-order valence-electron chi connectivity index (χ1n) is 5.17. The van der Waals surface area contributed by atoms with E-state index in [1.807, 2.05) is 5.32 Å². The Bertz CT molecular complexity index is 286. The van der Waals surface area contributed by atoms with Crippen molar-refractivity contribution in [1.29, 1.82) is 0 Å². The fraction of sp³-hybridized carbons (Fsp3) is 0.667. The zero-order chi connectivity index (χ0) is 12.0. The average molecular weight is 228 g/mol. The van der Waals surface area contributed by atoms with Gasteiger partial charge in [0, 0.05) is 0 Å². The molecule has 1 fully saturated rings. The molecule has 0 aromatic carbocycles. The van der Waals surface area contributed by atoms with Crippen molar-refractivity contribution >= 4 is 17.7 Å². The molecule has 7 nitrogen and oxygen atoms in total. The first-order chi connectivity index (χ1) is 7.63. The van der Waals surface area contributed by atoms with Crippen LogP contribution in [-0.2, 0) is 14.4 Å². The van der Waals surface area contributed by atoms with Crippen LogP contribution in [0.4, 0.5) is 0 Å². The summed E-state index contributed by atoms with van der Waals surface area (Å²) in [5, 5.41) is 7.49. The van der Waals surface area contributed by atoms with Crippen molar-refractivity contribution in [2.24, 2.45) is 5.73 Å². The van der Waals surface area contributed by atoms with E-state index in [0.717, 1.165) is 19.4 Å². The van der Waals surface area contributed by atoms with Gasteiger partial charge in [-0.05, 0) is 19.4 Å². The summed E-state index contributed by atoms with van der Waals surface area (Å²) in [5.74, 6) is -1.33. The van der Waals surface area contributed by atoms with Gasteiger partial charge < -0.3 is 16.4 Å². The van der Waals surface area contributed by atoms with Gasteiger partial charge in [-0.1, -0.05) is 0 Å². The summed E-state index contributed by atoms with van der Waals surface area (Å²) >= 11 is 0. The number of nitrogens with one attached hydrogen (secondary N) is 3. The number of hydrogen-bond acceptors (Lipinski definition) is 5. The minimum absolute atomic E-state index is 0.206. The van der Waals surface area contributed by atoms with Crippen molar-refractivity contribution in [3.63, 3.8) is 0 Å². The van der Waals surface area contributed by atoms with Crippen LogP contribution in [0.5, 0.6) is 0 Å². The van der Waals surface area contributed by atoms with E-state index in [0.29, 0.717) is 0 Å². The molecule has 0 aliphatic carbocycles. The summed E-state index contributed by atoms with van der Waals surface area (Å²) in [6, 6.07) is -0.224. The van der Waals surface area contributed by atoms with Crippen LogP contribution < -0.4 is 21.7 Å². The highest BCUT2D eigenvalue weighted by Gasteiger charge is 2.22. The normalized spacial score (nSPS) is 19.2. The molecular formula is C9H16N4O3. The summed E-state index contributed by atoms with van der Waals surface area (Å²) in [5.41, 5.74) is 5.01. The molecule has 1 rings (SSSR count). The molecule has 5 N–H and O–H groups in total. The molecule has 1 aliphatic heterocycles. The van der Waals surface area contributed by atoms with Crippen molar-refractivity contribution in [1.82, 2.24) is 16.0 Å². The summed E-state index contributed by atoms with van der Waals surface area (Å²) in [6.45, 7) is 0.364. The number of amides is 3. The highest BCUT2D eigenvalue weighted by atomic mass is 16.2. The van der Waals surface area contributed by atoms with E-state index in [1.54, 1.807) is 0 Å². The lowest BCUT2D eigenvalue weighted by molar-refractivity contribution is -0.131. The van der Waals surface area contributed by atoms with Crippen molar-refractivity contribution in [2.45, 2.75) is 18.9 Å². The SMILES string of the molecule is NCC(=O)NC(=O)CNC(=O)[C@H]1CCCN1. The van der Waals surface area contributed by atoms with Gasteiger partial charge in [0.15, 0.2) is 0 Å². The van der Waals surface area contributed by atoms with Crippen LogP contribution in [0, 0.1) is 0 Å². The van der Waals surface area contributed by atoms with Crippen LogP contribution in [0.2, 0.25) is 0 Å². The van der Waals surface area contributed by atoms with Gasteiger partial charge in [0.25, 0.3) is 0 Å². The predicted molar refractivity (Wildman–Crippen MR) is 56.2 cm³/mol. The highest BCUT2D eigenvalue weighted by Crippen LogP contribution is 2.03. The van der Waals surface area contributed by atoms with Gasteiger partial charge in [0.2, 0.25) is 17.7 Å². The van der Waals surface area contributed by atoms with Crippen molar-refractivity contribution < 1.29 is 14.4 Å². The molecule has 1 heterocycles. The fourth-order valence-corrected chi connectivity index (χ4v) is 1.45. The van der Waals surface area contributed by atoms with Gasteiger partial charge in [-0.3, -0.25) is 19.7 Å². The first-order valence-corrected chi connectivity index (χ1v) is 5.17. The smallest absolute Gasteiger partial charge is 0.245 e. The minimum Gasteiger partial charge on any atom is -0.346 e. The van der Waals surface area contributed by atoms with Gasteiger partial charge >= 0.3 is 0 Å². The van der Waals surface area contributed by atoms with Crippen molar-refractivity contribution in [3.8, 4) is 0 Å². The number of carbonyl (C=O) groups is 3. The number of imide groups is 1. The largest absolute Gasteiger partial charge is 0.346 e. The Balaban J connectivity index is 2.20. The topological polar surface area (TPSA) is 113 Å². The lowest BCUT2D eigenvalue weighted by Crippen LogP contribution is -2.46. The quantitative estimate of drug-likeness (QED) is 0.423. The second-order valence-electron chi connectivity index (χ2n) is 3.54. The third-order valence-electron chi connectivity index (χ3n) is 2.26. The lowest BCUT2D eigenvalue weighted by atomic mass is 10.2. The zero-order valence-corrected chi connectivity index (χ0v) is 8.91. The molecule has 0 aromatic heterocycles. The molecule has 0 saturated carbocycles. The second kappa shape index (κ2) is 6.19. The Kier molecular flexibility index (Phi) is 4.87. The van der Waals surface area contributed by atoms with Gasteiger partial charge in [-0.15, -0.1) is 0 Å². The molecule has 1 aliphatic rings. The van der Waals surface area contributed by atoms with Gasteiger partial charge in [-0.25, -0.2) is 0 Å². The Morgan fingerprint density at radius 3 is 2.62 bits per heavy atom. The van der Waals surface area contributed by atoms with Crippen LogP contribution in [-0.4, -0.2) is 43.4 Å². The number of hydrogen-bond donors (Lipinski definition) is 4. The predicted octanol–water partition coefficient (Wildman–Crippen LogP) is -2.54. The van der Waals surface area contributed by atoms with Crippen LogP contribution in [0.1, 0.15) is 12.8 Å². The molecule has 90 valence electrons. The molecule has 1 saturated heterocycles. The van der Waals surface area contributed by atoms with Gasteiger partial charge in [0.1, 0.15) is 0 Å². The van der Waals surface area contributed by atoms with Crippen molar-refractivity contribution in [2.75, 3.05) is 19.6 Å². The lowest BCUT2D eigenvalue weighted by Gasteiger charge is -2.10. The van der Waals surface area contributed by atoms with E-state index in [4.69, 9.17) is 5.73 Å². The molecule has 0 aromatic rings. The van der Waals surface area contributed by atoms with E-state index < -0.39 is 11.8 Å². The third kappa shape index (κ3) is 3.95. The molecule has 0 bridgehead atoms. The van der Waals surface area contributed by atoms with E-state index in [2.05, 4.69) is 10.6 Å². The average Bonchev–Trinajstić information content (AvgIpc) is 2.79. The molecule has 7 heteroatoms. The standard InChI is InChI=1S/C9H16N4O3/c10-4-7(14)13-8(15)5-12-9(16)6-2-1-3-11-6/h6,11H,1-5,10H2,(H,12,16)(H,13,14,15)/t6-/m1/s1. The maximum atomic E-state index is 11.4. The Morgan fingerprint density at radius 1 is 1.31 bits per heavy atom. The molecular weight excluding hydrogens is 212 g/mol. The second-order valence-corrected chi connectivity index (χ2v) is 3.54. The molecule has 0 unspecified atom stereocenters. The van der Waals surface area contributed by atoms with Crippen LogP contribution >= 0.6 is 0 Å². The Labute approximate surface area is 93.1 Å². The minimum atomic E-state index is -0.557. The van der Waals surface area contributed by atoms with E-state index in [1.165, 1.54) is 0 Å². The number of nitrogens with two attached hydrogens (primary N) is 1. The molecule has 1 atom stereocenters. The molecule has 3 amide bonds. The maximum absolute atomic E-state index is 11.4. The molecule has 16 heavy (non-hydrogen) atoms. The molecule has 0 spiro atoms. The summed E-state index contributed by atoms with van der Waals surface area (Å²) in [7, 11) is 0. The van der Waals surface area contributed by atoms with E-state index in [9.17, 15) is 14.4 Å². The van der Waals surface area contributed by atoms with E-state index >= 15 is 0 Å². The molecule has 0 radical (unpaired) electrons. The van der Waals surface area contributed by atoms with Crippen LogP contribution in [0.25, 0.3) is 0 Å². The van der Waals surface area contributed by atoms with Gasteiger partial charge in [0.05, 0.1) is 19.1 Å². The number of rotatable bonds is 4.